The fourth-order valence-corrected chi connectivity index (χ4v) is 1.70. The van der Waals surface area contributed by atoms with Gasteiger partial charge in [-0.15, -0.1) is 0 Å². The van der Waals surface area contributed by atoms with Crippen molar-refractivity contribution in [1.29, 1.82) is 0 Å². The highest BCUT2D eigenvalue weighted by molar-refractivity contribution is 6.31. The number of carbonyl (C=O) groups is 2. The van der Waals surface area contributed by atoms with Gasteiger partial charge in [-0.3, -0.25) is 9.48 Å². The molecule has 6 nitrogen and oxygen atoms in total. The van der Waals surface area contributed by atoms with E-state index in [1.807, 2.05) is 0 Å². The number of aryl methyl sites for hydroxylation is 1. The number of amides is 1. The zero-order valence-corrected chi connectivity index (χ0v) is 10.7. The van der Waals surface area contributed by atoms with Crippen molar-refractivity contribution < 1.29 is 14.7 Å². The summed E-state index contributed by atoms with van der Waals surface area (Å²) in [5.74, 6) is -1.64. The summed E-state index contributed by atoms with van der Waals surface area (Å²) < 4.78 is 1.48. The van der Waals surface area contributed by atoms with Gasteiger partial charge in [0.05, 0.1) is 11.3 Å². The Balaban J connectivity index is 2.30. The quantitative estimate of drug-likeness (QED) is 0.900. The Morgan fingerprint density at radius 2 is 2.11 bits per heavy atom. The van der Waals surface area contributed by atoms with Gasteiger partial charge < -0.3 is 10.4 Å². The van der Waals surface area contributed by atoms with E-state index in [-0.39, 0.29) is 16.9 Å². The van der Waals surface area contributed by atoms with Gasteiger partial charge in [0.1, 0.15) is 0 Å². The van der Waals surface area contributed by atoms with E-state index in [1.165, 1.54) is 28.9 Å². The van der Waals surface area contributed by atoms with Gasteiger partial charge in [-0.25, -0.2) is 4.79 Å². The van der Waals surface area contributed by atoms with Crippen molar-refractivity contribution in [3.63, 3.8) is 0 Å². The van der Waals surface area contributed by atoms with Gasteiger partial charge in [-0.05, 0) is 24.3 Å². The van der Waals surface area contributed by atoms with Crippen LogP contribution in [0.1, 0.15) is 20.8 Å². The molecule has 0 saturated heterocycles. The van der Waals surface area contributed by atoms with Crippen LogP contribution in [0.3, 0.4) is 0 Å². The van der Waals surface area contributed by atoms with E-state index in [1.54, 1.807) is 13.2 Å². The molecule has 1 amide bonds. The second-order valence-corrected chi connectivity index (χ2v) is 4.26. The topological polar surface area (TPSA) is 84.2 Å². The van der Waals surface area contributed by atoms with Crippen LogP contribution in [0.15, 0.2) is 30.5 Å². The van der Waals surface area contributed by atoms with Gasteiger partial charge in [-0.1, -0.05) is 11.6 Å². The first-order valence-corrected chi connectivity index (χ1v) is 5.69. The maximum atomic E-state index is 11.9. The van der Waals surface area contributed by atoms with E-state index in [0.29, 0.717) is 5.02 Å². The minimum Gasteiger partial charge on any atom is -0.478 e. The normalized spacial score (nSPS) is 10.2. The number of aromatic carboxylic acids is 1. The second kappa shape index (κ2) is 5.11. The van der Waals surface area contributed by atoms with E-state index < -0.39 is 11.9 Å². The average molecular weight is 280 g/mol. The number of carbonyl (C=O) groups excluding carboxylic acids is 1. The van der Waals surface area contributed by atoms with Crippen LogP contribution in [-0.2, 0) is 7.05 Å². The lowest BCUT2D eigenvalue weighted by Gasteiger charge is -2.07. The average Bonchev–Trinajstić information content (AvgIpc) is 2.75. The Labute approximate surface area is 113 Å². The molecule has 0 spiro atoms. The summed E-state index contributed by atoms with van der Waals surface area (Å²) in [5.41, 5.74) is 0.295. The van der Waals surface area contributed by atoms with E-state index in [0.717, 1.165) is 0 Å². The molecule has 0 radical (unpaired) electrons. The number of halogens is 1. The minimum atomic E-state index is -1.15. The summed E-state index contributed by atoms with van der Waals surface area (Å²) in [6.07, 6.45) is 1.62. The summed E-state index contributed by atoms with van der Waals surface area (Å²) in [4.78, 5) is 22.9. The van der Waals surface area contributed by atoms with E-state index in [2.05, 4.69) is 10.4 Å². The molecule has 0 aliphatic heterocycles. The third-order valence-corrected chi connectivity index (χ3v) is 2.64. The lowest BCUT2D eigenvalue weighted by atomic mass is 10.1. The Morgan fingerprint density at radius 3 is 2.68 bits per heavy atom. The van der Waals surface area contributed by atoms with E-state index in [4.69, 9.17) is 16.7 Å². The zero-order chi connectivity index (χ0) is 14.0. The molecule has 0 unspecified atom stereocenters. The SMILES string of the molecule is Cn1ccc(C(=O)Nc2cc(Cl)ccc2C(=O)O)n1. The largest absolute Gasteiger partial charge is 0.478 e. The predicted molar refractivity (Wildman–Crippen MR) is 69.6 cm³/mol. The van der Waals surface area contributed by atoms with Crippen LogP contribution in [0.5, 0.6) is 0 Å². The van der Waals surface area contributed by atoms with Crippen molar-refractivity contribution in [3.05, 3.63) is 46.7 Å². The fourth-order valence-electron chi connectivity index (χ4n) is 1.53. The Bertz CT molecular complexity index is 651. The number of anilines is 1. The molecule has 7 heteroatoms. The maximum absolute atomic E-state index is 11.9. The van der Waals surface area contributed by atoms with Crippen molar-refractivity contribution in [2.45, 2.75) is 0 Å². The number of nitrogens with one attached hydrogen (secondary N) is 1. The van der Waals surface area contributed by atoms with Crippen molar-refractivity contribution in [2.24, 2.45) is 7.05 Å². The zero-order valence-electron chi connectivity index (χ0n) is 9.92. The molecule has 1 aromatic carbocycles. The molecule has 0 aliphatic carbocycles. The molecule has 0 fully saturated rings. The molecule has 0 atom stereocenters. The molecule has 0 bridgehead atoms. The summed E-state index contributed by atoms with van der Waals surface area (Å²) in [6.45, 7) is 0. The van der Waals surface area contributed by atoms with Crippen molar-refractivity contribution in [1.82, 2.24) is 9.78 Å². The third-order valence-electron chi connectivity index (χ3n) is 2.41. The summed E-state index contributed by atoms with van der Waals surface area (Å²) >= 11 is 5.79. The number of benzene rings is 1. The highest BCUT2D eigenvalue weighted by Gasteiger charge is 2.15. The minimum absolute atomic E-state index is 0.0336. The van der Waals surface area contributed by atoms with E-state index in [9.17, 15) is 9.59 Å². The molecule has 0 aliphatic rings. The second-order valence-electron chi connectivity index (χ2n) is 3.82. The fraction of sp³-hybridized carbons (Fsp3) is 0.0833. The third kappa shape index (κ3) is 2.92. The number of nitrogens with zero attached hydrogens (tertiary/aromatic N) is 2. The van der Waals surface area contributed by atoms with Gasteiger partial charge >= 0.3 is 5.97 Å². The Morgan fingerprint density at radius 1 is 1.37 bits per heavy atom. The predicted octanol–water partition coefficient (Wildman–Crippen LogP) is 2.02. The lowest BCUT2D eigenvalue weighted by molar-refractivity contribution is 0.0698. The summed E-state index contributed by atoms with van der Waals surface area (Å²) in [7, 11) is 1.68. The highest BCUT2D eigenvalue weighted by atomic mass is 35.5. The van der Waals surface area contributed by atoms with Crippen LogP contribution >= 0.6 is 11.6 Å². The number of aromatic nitrogens is 2. The standard InChI is InChI=1S/C12H10ClN3O3/c1-16-5-4-9(15-16)11(17)14-10-6-7(13)2-3-8(10)12(18)19/h2-6H,1H3,(H,14,17)(H,18,19). The highest BCUT2D eigenvalue weighted by Crippen LogP contribution is 2.21. The van der Waals surface area contributed by atoms with Gasteiger partial charge in [-0.2, -0.15) is 5.10 Å². The van der Waals surface area contributed by atoms with Crippen LogP contribution in [0.4, 0.5) is 5.69 Å². The maximum Gasteiger partial charge on any atom is 0.337 e. The van der Waals surface area contributed by atoms with Crippen LogP contribution in [0.2, 0.25) is 5.02 Å². The smallest absolute Gasteiger partial charge is 0.337 e. The van der Waals surface area contributed by atoms with Crippen molar-refractivity contribution in [3.8, 4) is 0 Å². The van der Waals surface area contributed by atoms with Crippen LogP contribution in [-0.4, -0.2) is 26.8 Å². The van der Waals surface area contributed by atoms with Crippen LogP contribution < -0.4 is 5.32 Å². The van der Waals surface area contributed by atoms with Gasteiger partial charge in [0, 0.05) is 18.3 Å². The van der Waals surface area contributed by atoms with Gasteiger partial charge in [0.25, 0.3) is 5.91 Å². The first-order valence-electron chi connectivity index (χ1n) is 5.31. The van der Waals surface area contributed by atoms with Crippen molar-refractivity contribution >= 4 is 29.2 Å². The summed E-state index contributed by atoms with van der Waals surface area (Å²) in [5, 5.41) is 15.8. The molecule has 2 rings (SSSR count). The Kier molecular flexibility index (Phi) is 3.52. The molecule has 19 heavy (non-hydrogen) atoms. The Hall–Kier alpha value is -2.34. The number of hydrogen-bond acceptors (Lipinski definition) is 3. The van der Waals surface area contributed by atoms with Crippen LogP contribution in [0.25, 0.3) is 0 Å². The van der Waals surface area contributed by atoms with Crippen molar-refractivity contribution in [2.75, 3.05) is 5.32 Å². The molecule has 2 N–H and O–H groups in total. The first kappa shape index (κ1) is 13.1. The molecule has 1 heterocycles. The molecular weight excluding hydrogens is 270 g/mol. The monoisotopic (exact) mass is 279 g/mol. The number of hydrogen-bond donors (Lipinski definition) is 2. The molecule has 0 saturated carbocycles. The first-order chi connectivity index (χ1) is 8.97. The molecular formula is C12H10ClN3O3. The van der Waals surface area contributed by atoms with Gasteiger partial charge in [0.2, 0.25) is 0 Å². The van der Waals surface area contributed by atoms with Gasteiger partial charge in [0.15, 0.2) is 5.69 Å². The van der Waals surface area contributed by atoms with E-state index >= 15 is 0 Å². The molecule has 1 aromatic heterocycles. The van der Waals surface area contributed by atoms with Crippen LogP contribution in [0, 0.1) is 0 Å². The molecule has 98 valence electrons. The lowest BCUT2D eigenvalue weighted by Crippen LogP contribution is -2.15. The number of carboxylic acid groups (broad SMARTS) is 1. The molecule has 2 aromatic rings. The summed E-state index contributed by atoms with van der Waals surface area (Å²) in [6, 6.07) is 5.69. The number of carboxylic acids is 1. The number of rotatable bonds is 3.